The molecule has 1 N–H and O–H groups in total. The zero-order valence-corrected chi connectivity index (χ0v) is 11.6. The van der Waals surface area contributed by atoms with Gasteiger partial charge in [-0.2, -0.15) is 0 Å². The number of carbonyl (C=O) groups is 1. The molecule has 0 radical (unpaired) electrons. The van der Waals surface area contributed by atoms with Crippen molar-refractivity contribution in [2.75, 3.05) is 0 Å². The Hall–Kier alpha value is -0.570. The van der Waals surface area contributed by atoms with E-state index in [1.54, 1.807) is 0 Å². The highest BCUT2D eigenvalue weighted by Gasteiger charge is 2.44. The van der Waals surface area contributed by atoms with Crippen LogP contribution < -0.4 is 5.32 Å². The predicted octanol–water partition coefficient (Wildman–Crippen LogP) is 2.37. The summed E-state index contributed by atoms with van der Waals surface area (Å²) in [5, 5.41) is 3.51. The van der Waals surface area contributed by atoms with Crippen molar-refractivity contribution in [2.24, 2.45) is 11.8 Å². The first-order valence-corrected chi connectivity index (χ1v) is 7.12. The van der Waals surface area contributed by atoms with Crippen molar-refractivity contribution in [3.05, 3.63) is 0 Å². The maximum atomic E-state index is 12.4. The Labute approximate surface area is 105 Å². The van der Waals surface area contributed by atoms with Gasteiger partial charge in [0.25, 0.3) is 0 Å². The average molecular weight is 238 g/mol. The van der Waals surface area contributed by atoms with Gasteiger partial charge in [-0.1, -0.05) is 20.8 Å². The molecule has 2 rings (SSSR count). The van der Waals surface area contributed by atoms with Crippen LogP contribution in [0.1, 0.15) is 53.4 Å². The second kappa shape index (κ2) is 4.97. The zero-order chi connectivity index (χ0) is 12.6. The Kier molecular flexibility index (Phi) is 3.76. The van der Waals surface area contributed by atoms with Crippen molar-refractivity contribution in [1.82, 2.24) is 10.2 Å². The number of nitrogens with one attached hydrogen (secondary N) is 1. The Bertz CT molecular complexity index is 286. The summed E-state index contributed by atoms with van der Waals surface area (Å²) in [5.74, 6) is 1.72. The molecule has 1 heterocycles. The monoisotopic (exact) mass is 238 g/mol. The summed E-state index contributed by atoms with van der Waals surface area (Å²) < 4.78 is 0. The summed E-state index contributed by atoms with van der Waals surface area (Å²) in [4.78, 5) is 14.5. The molecule has 2 fully saturated rings. The standard InChI is InChI=1S/C14H26N2O/c1-5-12-14(17)16(10(4)11-6-7-11)13(15-12)8-9(2)3/h9-13,15H,5-8H2,1-4H3. The van der Waals surface area contributed by atoms with Gasteiger partial charge in [0.15, 0.2) is 0 Å². The molecule has 0 bridgehead atoms. The fourth-order valence-electron chi connectivity index (χ4n) is 2.93. The molecule has 0 aromatic carbocycles. The Balaban J connectivity index is 2.08. The van der Waals surface area contributed by atoms with Crippen molar-refractivity contribution in [3.8, 4) is 0 Å². The fraction of sp³-hybridized carbons (Fsp3) is 0.929. The van der Waals surface area contributed by atoms with Gasteiger partial charge in [-0.25, -0.2) is 0 Å². The highest BCUT2D eigenvalue weighted by atomic mass is 16.2. The van der Waals surface area contributed by atoms with Gasteiger partial charge in [0.2, 0.25) is 5.91 Å². The van der Waals surface area contributed by atoms with Crippen molar-refractivity contribution < 1.29 is 4.79 Å². The van der Waals surface area contributed by atoms with Crippen LogP contribution in [0.2, 0.25) is 0 Å². The van der Waals surface area contributed by atoms with Crippen molar-refractivity contribution in [1.29, 1.82) is 0 Å². The van der Waals surface area contributed by atoms with E-state index in [0.29, 0.717) is 17.9 Å². The molecular weight excluding hydrogens is 212 g/mol. The Morgan fingerprint density at radius 3 is 2.47 bits per heavy atom. The summed E-state index contributed by atoms with van der Waals surface area (Å²) in [7, 11) is 0. The number of hydrogen-bond acceptors (Lipinski definition) is 2. The average Bonchev–Trinajstić information content (AvgIpc) is 3.04. The largest absolute Gasteiger partial charge is 0.323 e. The lowest BCUT2D eigenvalue weighted by Gasteiger charge is -2.31. The molecule has 1 saturated carbocycles. The van der Waals surface area contributed by atoms with Gasteiger partial charge >= 0.3 is 0 Å². The molecule has 2 aliphatic rings. The highest BCUT2D eigenvalue weighted by Crippen LogP contribution is 2.37. The predicted molar refractivity (Wildman–Crippen MR) is 69.5 cm³/mol. The maximum absolute atomic E-state index is 12.4. The number of nitrogens with zero attached hydrogens (tertiary/aromatic N) is 1. The van der Waals surface area contributed by atoms with Gasteiger partial charge < -0.3 is 4.90 Å². The molecule has 1 aliphatic heterocycles. The second-order valence-electron chi connectivity index (χ2n) is 6.10. The minimum Gasteiger partial charge on any atom is -0.323 e. The van der Waals surface area contributed by atoms with Crippen LogP contribution >= 0.6 is 0 Å². The SMILES string of the molecule is CCC1NC(CC(C)C)N(C(C)C2CC2)C1=O. The number of amides is 1. The molecule has 3 nitrogen and oxygen atoms in total. The van der Waals surface area contributed by atoms with E-state index >= 15 is 0 Å². The summed E-state index contributed by atoms with van der Waals surface area (Å²) in [6.07, 6.45) is 4.84. The van der Waals surface area contributed by atoms with Crippen LogP contribution in [0.5, 0.6) is 0 Å². The smallest absolute Gasteiger partial charge is 0.241 e. The molecule has 3 heteroatoms. The van der Waals surface area contributed by atoms with E-state index < -0.39 is 0 Å². The van der Waals surface area contributed by atoms with Gasteiger partial charge in [0.05, 0.1) is 12.2 Å². The first kappa shape index (κ1) is 12.9. The molecule has 0 spiro atoms. The quantitative estimate of drug-likeness (QED) is 0.797. The van der Waals surface area contributed by atoms with Crippen molar-refractivity contribution in [2.45, 2.75) is 71.6 Å². The molecule has 1 aliphatic carbocycles. The lowest BCUT2D eigenvalue weighted by atomic mass is 10.1. The number of carbonyl (C=O) groups excluding carboxylic acids is 1. The lowest BCUT2D eigenvalue weighted by molar-refractivity contribution is -0.132. The van der Waals surface area contributed by atoms with Crippen LogP contribution in [0.15, 0.2) is 0 Å². The van der Waals surface area contributed by atoms with E-state index in [1.165, 1.54) is 12.8 Å². The van der Waals surface area contributed by atoms with E-state index in [9.17, 15) is 4.79 Å². The molecule has 0 aromatic rings. The Morgan fingerprint density at radius 2 is 2.00 bits per heavy atom. The van der Waals surface area contributed by atoms with Crippen molar-refractivity contribution >= 4 is 5.91 Å². The third kappa shape index (κ3) is 2.65. The van der Waals surface area contributed by atoms with Gasteiger partial charge in [0.1, 0.15) is 0 Å². The minimum absolute atomic E-state index is 0.0555. The van der Waals surface area contributed by atoms with Crippen LogP contribution in [0, 0.1) is 11.8 Å². The van der Waals surface area contributed by atoms with Gasteiger partial charge in [0, 0.05) is 6.04 Å². The fourth-order valence-corrected chi connectivity index (χ4v) is 2.93. The third-order valence-corrected chi connectivity index (χ3v) is 4.13. The van der Waals surface area contributed by atoms with Gasteiger partial charge in [-0.15, -0.1) is 0 Å². The molecular formula is C14H26N2O. The second-order valence-corrected chi connectivity index (χ2v) is 6.10. The molecule has 1 amide bonds. The van der Waals surface area contributed by atoms with Gasteiger partial charge in [-0.3, -0.25) is 10.1 Å². The first-order chi connectivity index (χ1) is 8.04. The maximum Gasteiger partial charge on any atom is 0.241 e. The molecule has 3 unspecified atom stereocenters. The van der Waals surface area contributed by atoms with E-state index in [-0.39, 0.29) is 12.2 Å². The molecule has 1 saturated heterocycles. The van der Waals surface area contributed by atoms with E-state index in [1.807, 2.05) is 0 Å². The van der Waals surface area contributed by atoms with Crippen LogP contribution in [0.25, 0.3) is 0 Å². The van der Waals surface area contributed by atoms with Crippen molar-refractivity contribution in [3.63, 3.8) is 0 Å². The topological polar surface area (TPSA) is 32.3 Å². The number of rotatable bonds is 5. The lowest BCUT2D eigenvalue weighted by Crippen LogP contribution is -2.44. The van der Waals surface area contributed by atoms with Crippen LogP contribution in [0.4, 0.5) is 0 Å². The summed E-state index contributed by atoms with van der Waals surface area (Å²) in [5.41, 5.74) is 0. The third-order valence-electron chi connectivity index (χ3n) is 4.13. The number of hydrogen-bond donors (Lipinski definition) is 1. The minimum atomic E-state index is 0.0555. The normalized spacial score (nSPS) is 31.4. The van der Waals surface area contributed by atoms with Gasteiger partial charge in [-0.05, 0) is 44.4 Å². The van der Waals surface area contributed by atoms with Crippen LogP contribution in [0.3, 0.4) is 0 Å². The summed E-state index contributed by atoms with van der Waals surface area (Å²) >= 11 is 0. The first-order valence-electron chi connectivity index (χ1n) is 7.12. The summed E-state index contributed by atoms with van der Waals surface area (Å²) in [6.45, 7) is 8.77. The van der Waals surface area contributed by atoms with Crippen LogP contribution in [-0.2, 0) is 4.79 Å². The summed E-state index contributed by atoms with van der Waals surface area (Å²) in [6, 6.07) is 0.482. The zero-order valence-electron chi connectivity index (χ0n) is 11.6. The molecule has 17 heavy (non-hydrogen) atoms. The highest BCUT2D eigenvalue weighted by molar-refractivity contribution is 5.84. The van der Waals surface area contributed by atoms with Crippen LogP contribution in [-0.4, -0.2) is 29.1 Å². The molecule has 98 valence electrons. The van der Waals surface area contributed by atoms with E-state index in [4.69, 9.17) is 0 Å². The Morgan fingerprint density at radius 1 is 1.35 bits per heavy atom. The molecule has 0 aromatic heterocycles. The van der Waals surface area contributed by atoms with E-state index in [0.717, 1.165) is 18.8 Å². The van der Waals surface area contributed by atoms with E-state index in [2.05, 4.69) is 37.9 Å². The molecule has 3 atom stereocenters.